The molecule has 6 nitrogen and oxygen atoms in total. The Bertz CT molecular complexity index is 712. The number of benzene rings is 1. The van der Waals surface area contributed by atoms with Gasteiger partial charge >= 0.3 is 0 Å². The molecule has 0 atom stereocenters. The van der Waals surface area contributed by atoms with Crippen LogP contribution in [0.25, 0.3) is 0 Å². The van der Waals surface area contributed by atoms with Crippen molar-refractivity contribution in [1.82, 2.24) is 9.21 Å². The molecule has 26 heavy (non-hydrogen) atoms. The first kappa shape index (κ1) is 21.0. The van der Waals surface area contributed by atoms with Crippen LogP contribution in [0.1, 0.15) is 39.5 Å². The molecule has 146 valence electrons. The topological polar surface area (TPSA) is 66.9 Å². The summed E-state index contributed by atoms with van der Waals surface area (Å²) >= 11 is 6.00. The minimum absolute atomic E-state index is 0.00244. The van der Waals surface area contributed by atoms with Crippen molar-refractivity contribution in [3.63, 3.8) is 0 Å². The molecule has 0 unspecified atom stereocenters. The first-order valence-corrected chi connectivity index (χ1v) is 10.9. The number of carbonyl (C=O) groups is 1. The highest BCUT2D eigenvalue weighted by molar-refractivity contribution is 7.89. The molecular weight excluding hydrogens is 376 g/mol. The molecule has 1 aromatic rings. The monoisotopic (exact) mass is 402 g/mol. The maximum absolute atomic E-state index is 12.9. The van der Waals surface area contributed by atoms with Gasteiger partial charge < -0.3 is 9.64 Å². The maximum Gasteiger partial charge on any atom is 0.260 e. The van der Waals surface area contributed by atoms with Gasteiger partial charge in [-0.2, -0.15) is 4.31 Å². The summed E-state index contributed by atoms with van der Waals surface area (Å²) in [6.07, 6.45) is 4.25. The summed E-state index contributed by atoms with van der Waals surface area (Å²) in [4.78, 5) is 14.2. The molecule has 1 heterocycles. The van der Waals surface area contributed by atoms with Gasteiger partial charge in [0.2, 0.25) is 10.0 Å². The van der Waals surface area contributed by atoms with Gasteiger partial charge in [0.1, 0.15) is 10.6 Å². The number of likely N-dealkylation sites (tertiary alicyclic amines) is 1. The number of amides is 1. The molecular formula is C18H27ClN2O4S. The summed E-state index contributed by atoms with van der Waals surface area (Å²) < 4.78 is 32.7. The Labute approximate surface area is 161 Å². The summed E-state index contributed by atoms with van der Waals surface area (Å²) in [7, 11) is -3.73. The molecule has 1 aliphatic rings. The number of hydrogen-bond donors (Lipinski definition) is 0. The smallest absolute Gasteiger partial charge is 0.260 e. The fourth-order valence-electron chi connectivity index (χ4n) is 3.06. The second-order valence-electron chi connectivity index (χ2n) is 6.26. The summed E-state index contributed by atoms with van der Waals surface area (Å²) in [5, 5.41) is 0.307. The summed E-state index contributed by atoms with van der Waals surface area (Å²) in [5.74, 6) is 0.0394. The van der Waals surface area contributed by atoms with E-state index in [1.54, 1.807) is 24.8 Å². The zero-order chi connectivity index (χ0) is 19.2. The van der Waals surface area contributed by atoms with E-state index < -0.39 is 10.0 Å². The van der Waals surface area contributed by atoms with Crippen molar-refractivity contribution in [3.8, 4) is 5.75 Å². The Hall–Kier alpha value is -1.31. The zero-order valence-electron chi connectivity index (χ0n) is 15.4. The van der Waals surface area contributed by atoms with Crippen molar-refractivity contribution >= 4 is 27.5 Å². The molecule has 1 aliphatic heterocycles. The molecule has 0 bridgehead atoms. The third-order valence-electron chi connectivity index (χ3n) is 4.54. The molecule has 0 radical (unpaired) electrons. The summed E-state index contributed by atoms with van der Waals surface area (Å²) in [6, 6.07) is 4.45. The summed E-state index contributed by atoms with van der Waals surface area (Å²) in [5.41, 5.74) is 0. The molecule has 1 saturated heterocycles. The quantitative estimate of drug-likeness (QED) is 0.702. The van der Waals surface area contributed by atoms with Gasteiger partial charge in [0, 0.05) is 31.2 Å². The Kier molecular flexibility index (Phi) is 7.73. The van der Waals surface area contributed by atoms with Crippen molar-refractivity contribution < 1.29 is 17.9 Å². The highest BCUT2D eigenvalue weighted by atomic mass is 35.5. The van der Waals surface area contributed by atoms with Gasteiger partial charge in [-0.15, -0.1) is 0 Å². The zero-order valence-corrected chi connectivity index (χ0v) is 17.0. The molecule has 0 N–H and O–H groups in total. The molecule has 0 spiro atoms. The number of rotatable bonds is 7. The number of nitrogens with zero attached hydrogens (tertiary/aromatic N) is 2. The third-order valence-corrected chi connectivity index (χ3v) is 6.85. The van der Waals surface area contributed by atoms with Crippen LogP contribution in [0.2, 0.25) is 5.02 Å². The number of ether oxygens (including phenoxy) is 1. The van der Waals surface area contributed by atoms with Crippen LogP contribution in [0.3, 0.4) is 0 Å². The van der Waals surface area contributed by atoms with E-state index in [0.717, 1.165) is 38.8 Å². The average molecular weight is 403 g/mol. The number of halogens is 1. The predicted molar refractivity (Wildman–Crippen MR) is 102 cm³/mol. The minimum atomic E-state index is -3.73. The molecule has 0 saturated carbocycles. The molecule has 2 rings (SSSR count). The van der Waals surface area contributed by atoms with Gasteiger partial charge in [-0.1, -0.05) is 38.3 Å². The number of hydrogen-bond acceptors (Lipinski definition) is 4. The van der Waals surface area contributed by atoms with Crippen LogP contribution in [0.15, 0.2) is 23.1 Å². The van der Waals surface area contributed by atoms with Gasteiger partial charge in [-0.25, -0.2) is 8.42 Å². The van der Waals surface area contributed by atoms with Crippen LogP contribution in [0, 0.1) is 0 Å². The van der Waals surface area contributed by atoms with Gasteiger partial charge in [-0.05, 0) is 31.0 Å². The Morgan fingerprint density at radius 2 is 1.77 bits per heavy atom. The first-order valence-electron chi connectivity index (χ1n) is 9.10. The number of sulfonamides is 1. The van der Waals surface area contributed by atoms with Gasteiger partial charge in [0.15, 0.2) is 6.61 Å². The van der Waals surface area contributed by atoms with E-state index in [1.165, 1.54) is 16.4 Å². The highest BCUT2D eigenvalue weighted by Crippen LogP contribution is 2.30. The van der Waals surface area contributed by atoms with E-state index in [0.29, 0.717) is 18.1 Å². The van der Waals surface area contributed by atoms with Gasteiger partial charge in [0.25, 0.3) is 5.91 Å². The normalized spacial score (nSPS) is 15.8. The standard InChI is InChI=1S/C18H27ClN2O4S/c1-3-21(4-2)26(23,24)17-13-15(19)9-10-16(17)25-14-18(22)20-11-7-5-6-8-12-20/h9-10,13H,3-8,11-12,14H2,1-2H3. The van der Waals surface area contributed by atoms with E-state index in [9.17, 15) is 13.2 Å². The Morgan fingerprint density at radius 3 is 2.35 bits per heavy atom. The van der Waals surface area contributed by atoms with Crippen LogP contribution in [-0.2, 0) is 14.8 Å². The third kappa shape index (κ3) is 5.11. The van der Waals surface area contributed by atoms with Crippen LogP contribution >= 0.6 is 11.6 Å². The Balaban J connectivity index is 2.18. The highest BCUT2D eigenvalue weighted by Gasteiger charge is 2.27. The van der Waals surface area contributed by atoms with Crippen molar-refractivity contribution in [3.05, 3.63) is 23.2 Å². The van der Waals surface area contributed by atoms with Crippen LogP contribution in [-0.4, -0.2) is 56.3 Å². The fourth-order valence-corrected chi connectivity index (χ4v) is 4.91. The second-order valence-corrected chi connectivity index (χ2v) is 8.61. The van der Waals surface area contributed by atoms with E-state index >= 15 is 0 Å². The van der Waals surface area contributed by atoms with Crippen LogP contribution < -0.4 is 4.74 Å². The van der Waals surface area contributed by atoms with Crippen molar-refractivity contribution in [2.45, 2.75) is 44.4 Å². The Morgan fingerprint density at radius 1 is 1.15 bits per heavy atom. The van der Waals surface area contributed by atoms with Crippen molar-refractivity contribution in [2.75, 3.05) is 32.8 Å². The van der Waals surface area contributed by atoms with E-state index in [1.807, 2.05) is 0 Å². The van der Waals surface area contributed by atoms with Gasteiger partial charge in [-0.3, -0.25) is 4.79 Å². The maximum atomic E-state index is 12.9. The number of carbonyl (C=O) groups excluding carboxylic acids is 1. The molecule has 0 aromatic heterocycles. The predicted octanol–water partition coefficient (Wildman–Crippen LogP) is 3.15. The molecule has 1 fully saturated rings. The van der Waals surface area contributed by atoms with E-state index in [4.69, 9.17) is 16.3 Å². The summed E-state index contributed by atoms with van der Waals surface area (Å²) in [6.45, 7) is 5.52. The first-order chi connectivity index (χ1) is 12.4. The largest absolute Gasteiger partial charge is 0.482 e. The fraction of sp³-hybridized carbons (Fsp3) is 0.611. The lowest BCUT2D eigenvalue weighted by Gasteiger charge is -2.22. The molecule has 0 aliphatic carbocycles. The average Bonchev–Trinajstić information content (AvgIpc) is 2.90. The molecule has 1 aromatic carbocycles. The van der Waals surface area contributed by atoms with E-state index in [-0.39, 0.29) is 23.2 Å². The van der Waals surface area contributed by atoms with Crippen LogP contribution in [0.5, 0.6) is 5.75 Å². The SMILES string of the molecule is CCN(CC)S(=O)(=O)c1cc(Cl)ccc1OCC(=O)N1CCCCCC1. The van der Waals surface area contributed by atoms with Crippen molar-refractivity contribution in [1.29, 1.82) is 0 Å². The van der Waals surface area contributed by atoms with E-state index in [2.05, 4.69) is 0 Å². The molecule has 8 heteroatoms. The lowest BCUT2D eigenvalue weighted by atomic mass is 10.2. The molecule has 1 amide bonds. The lowest BCUT2D eigenvalue weighted by Crippen LogP contribution is -2.36. The minimum Gasteiger partial charge on any atom is -0.482 e. The van der Waals surface area contributed by atoms with Crippen LogP contribution in [0.4, 0.5) is 0 Å². The second kappa shape index (κ2) is 9.58. The van der Waals surface area contributed by atoms with Gasteiger partial charge in [0.05, 0.1) is 0 Å². The lowest BCUT2D eigenvalue weighted by molar-refractivity contribution is -0.133. The van der Waals surface area contributed by atoms with Crippen molar-refractivity contribution in [2.24, 2.45) is 0 Å².